The minimum absolute atomic E-state index is 0.101. The molecule has 330 valence electrons. The molecular formula is C48H63N7O6Si. The van der Waals surface area contributed by atoms with Gasteiger partial charge in [-0.15, -0.1) is 0 Å². The molecule has 3 atom stereocenters. The first-order valence-electron chi connectivity index (χ1n) is 22.0. The Labute approximate surface area is 366 Å². The van der Waals surface area contributed by atoms with Crippen molar-refractivity contribution in [3.05, 3.63) is 84.7 Å². The fourth-order valence-electron chi connectivity index (χ4n) is 8.40. The number of likely N-dealkylation sites (tertiary alicyclic amines) is 2. The molecule has 2 aromatic heterocycles. The predicted octanol–water partition coefficient (Wildman–Crippen LogP) is 10.2. The fraction of sp³-hybridized carbons (Fsp3) is 0.479. The van der Waals surface area contributed by atoms with Crippen molar-refractivity contribution < 1.29 is 28.6 Å². The molecule has 7 rings (SSSR count). The largest absolute Gasteiger partial charge is 0.453 e. The van der Waals surface area contributed by atoms with Crippen LogP contribution >= 0.6 is 0 Å². The number of fused-ring (bicyclic) bond motifs is 1. The first-order valence-corrected chi connectivity index (χ1v) is 25.7. The lowest BCUT2D eigenvalue weighted by atomic mass is 9.98. The van der Waals surface area contributed by atoms with Crippen molar-refractivity contribution >= 4 is 36.9 Å². The van der Waals surface area contributed by atoms with Crippen LogP contribution in [-0.4, -0.2) is 93.9 Å². The maximum absolute atomic E-state index is 13.6. The van der Waals surface area contributed by atoms with Gasteiger partial charge in [-0.2, -0.15) is 0 Å². The molecule has 3 aromatic carbocycles. The second-order valence-electron chi connectivity index (χ2n) is 19.2. The van der Waals surface area contributed by atoms with E-state index >= 15 is 0 Å². The third-order valence-corrected chi connectivity index (χ3v) is 13.5. The summed E-state index contributed by atoms with van der Waals surface area (Å²) in [7, 11) is 0.00938. The normalized spacial score (nSPS) is 17.5. The van der Waals surface area contributed by atoms with Gasteiger partial charge in [-0.3, -0.25) is 9.69 Å². The van der Waals surface area contributed by atoms with E-state index in [1.807, 2.05) is 56.8 Å². The number of carbonyl (C=O) groups excluding carboxylic acids is 3. The zero-order valence-electron chi connectivity index (χ0n) is 37.8. The number of hydrogen-bond donors (Lipinski definition) is 2. The number of H-pyrrole nitrogens is 1. The molecular weight excluding hydrogens is 799 g/mol. The molecule has 3 amide bonds. The third-order valence-electron chi connectivity index (χ3n) is 11.8. The minimum Gasteiger partial charge on any atom is -0.453 e. The molecule has 2 saturated heterocycles. The highest BCUT2D eigenvalue weighted by Gasteiger charge is 2.38. The summed E-state index contributed by atoms with van der Waals surface area (Å²) >= 11 is 0. The molecule has 5 aromatic rings. The minimum atomic E-state index is -1.29. The average Bonchev–Trinajstić information content (AvgIpc) is 4.06. The molecule has 13 nitrogen and oxygen atoms in total. The lowest BCUT2D eigenvalue weighted by molar-refractivity contribution is -0.135. The summed E-state index contributed by atoms with van der Waals surface area (Å²) in [6.45, 7) is 18.8. The molecule has 2 aliphatic rings. The number of rotatable bonds is 13. The van der Waals surface area contributed by atoms with Crippen molar-refractivity contribution in [2.45, 2.75) is 116 Å². The Morgan fingerprint density at radius 1 is 0.871 bits per heavy atom. The van der Waals surface area contributed by atoms with E-state index < -0.39 is 25.8 Å². The van der Waals surface area contributed by atoms with Gasteiger partial charge in [0.2, 0.25) is 5.91 Å². The van der Waals surface area contributed by atoms with E-state index in [2.05, 4.69) is 95.2 Å². The van der Waals surface area contributed by atoms with Crippen LogP contribution in [0.2, 0.25) is 25.7 Å². The Balaban J connectivity index is 1.08. The summed E-state index contributed by atoms with van der Waals surface area (Å²) in [6.07, 6.45) is 6.22. The van der Waals surface area contributed by atoms with Gasteiger partial charge in [-0.1, -0.05) is 82.0 Å². The molecule has 62 heavy (non-hydrogen) atoms. The number of hydrogen-bond acceptors (Lipinski definition) is 8. The fourth-order valence-corrected chi connectivity index (χ4v) is 9.15. The molecule has 0 saturated carbocycles. The van der Waals surface area contributed by atoms with Crippen LogP contribution in [0.4, 0.5) is 9.59 Å². The summed E-state index contributed by atoms with van der Waals surface area (Å²) < 4.78 is 19.1. The summed E-state index contributed by atoms with van der Waals surface area (Å²) in [4.78, 5) is 55.8. The number of nitrogens with one attached hydrogen (secondary N) is 2. The number of aromatic amines is 1. The standard InChI is InChI=1S/C48H63N7O6Si/c1-31(2)42(52-46(57)59-6)45(56)53-22-10-12-39(53)43-49-28-38(51-43)33-16-14-32(15-17-33)34-18-19-36-27-37(21-20-35(36)26-34)41-29-50-44(55(41)30-60-24-25-62(7,8)9)40-13-11-23-54(40)47(58)61-48(3,4)5/h14-21,26-29,31,39-40,42H,10-13,22-25,30H2,1-9H3,(H,49,51)(H,52,57)/t39-,40-,42-/m0/s1. The highest BCUT2D eigenvalue weighted by Crippen LogP contribution is 2.37. The van der Waals surface area contributed by atoms with Crippen LogP contribution in [0.3, 0.4) is 0 Å². The van der Waals surface area contributed by atoms with Crippen molar-refractivity contribution in [1.29, 1.82) is 0 Å². The van der Waals surface area contributed by atoms with Crippen LogP contribution in [0.25, 0.3) is 44.4 Å². The Morgan fingerprint density at radius 3 is 2.16 bits per heavy atom. The number of carbonyl (C=O) groups is 3. The number of nitrogens with zero attached hydrogens (tertiary/aromatic N) is 5. The van der Waals surface area contributed by atoms with E-state index in [0.29, 0.717) is 26.4 Å². The quantitative estimate of drug-likeness (QED) is 0.0880. The average molecular weight is 862 g/mol. The molecule has 2 N–H and O–H groups in total. The lowest BCUT2D eigenvalue weighted by Crippen LogP contribution is -2.51. The van der Waals surface area contributed by atoms with Crippen LogP contribution in [0, 0.1) is 5.92 Å². The Morgan fingerprint density at radius 2 is 1.50 bits per heavy atom. The van der Waals surface area contributed by atoms with Crippen LogP contribution < -0.4 is 5.32 Å². The molecule has 0 spiro atoms. The molecule has 2 fully saturated rings. The van der Waals surface area contributed by atoms with Gasteiger partial charge >= 0.3 is 12.2 Å². The van der Waals surface area contributed by atoms with E-state index in [1.54, 1.807) is 0 Å². The molecule has 14 heteroatoms. The predicted molar refractivity (Wildman–Crippen MR) is 245 cm³/mol. The van der Waals surface area contributed by atoms with Crippen molar-refractivity contribution in [3.63, 3.8) is 0 Å². The molecule has 2 aliphatic heterocycles. The first kappa shape index (κ1) is 44.6. The number of methoxy groups -OCH3 is 1. The topological polar surface area (TPSA) is 144 Å². The van der Waals surface area contributed by atoms with Crippen LogP contribution in [0.5, 0.6) is 0 Å². The lowest BCUT2D eigenvalue weighted by Gasteiger charge is -2.29. The highest BCUT2D eigenvalue weighted by atomic mass is 28.3. The van der Waals surface area contributed by atoms with Crippen LogP contribution in [0.15, 0.2) is 73.1 Å². The third kappa shape index (κ3) is 10.2. The maximum Gasteiger partial charge on any atom is 0.410 e. The van der Waals surface area contributed by atoms with Gasteiger partial charge in [0.25, 0.3) is 0 Å². The second-order valence-corrected chi connectivity index (χ2v) is 24.8. The number of alkyl carbamates (subject to hydrolysis) is 1. The zero-order valence-corrected chi connectivity index (χ0v) is 38.8. The van der Waals surface area contributed by atoms with Gasteiger partial charge in [0.1, 0.15) is 30.0 Å². The van der Waals surface area contributed by atoms with E-state index in [-0.39, 0.29) is 30.0 Å². The van der Waals surface area contributed by atoms with E-state index in [0.717, 1.165) is 87.8 Å². The maximum atomic E-state index is 13.6. The molecule has 0 aliphatic carbocycles. The van der Waals surface area contributed by atoms with Crippen molar-refractivity contribution in [2.24, 2.45) is 5.92 Å². The van der Waals surface area contributed by atoms with Gasteiger partial charge in [0.15, 0.2) is 0 Å². The van der Waals surface area contributed by atoms with Crippen molar-refractivity contribution in [1.82, 2.24) is 34.6 Å². The Bertz CT molecular complexity index is 2380. The smallest absolute Gasteiger partial charge is 0.410 e. The number of benzene rings is 3. The van der Waals surface area contributed by atoms with Gasteiger partial charge in [-0.05, 0) is 92.4 Å². The van der Waals surface area contributed by atoms with Gasteiger partial charge in [-0.25, -0.2) is 19.6 Å². The van der Waals surface area contributed by atoms with Crippen LogP contribution in [-0.2, 0) is 25.7 Å². The SMILES string of the molecule is COC(=O)N[C@H](C(=O)N1CCC[C@H]1c1nc(-c2ccc(-c3ccc4cc(-c5cnc([C@@H]6CCCN6C(=O)OC(C)(C)C)n5COCC[Si](C)(C)C)ccc4c3)cc2)c[nH]1)C(C)C. The van der Waals surface area contributed by atoms with Crippen molar-refractivity contribution in [3.8, 4) is 33.6 Å². The monoisotopic (exact) mass is 861 g/mol. The second kappa shape index (κ2) is 18.5. The van der Waals surface area contributed by atoms with Crippen LogP contribution in [0.1, 0.15) is 84.0 Å². The van der Waals surface area contributed by atoms with E-state index in [1.165, 1.54) is 7.11 Å². The molecule has 0 unspecified atom stereocenters. The number of imidazole rings is 2. The molecule has 0 radical (unpaired) electrons. The number of ether oxygens (including phenoxy) is 3. The van der Waals surface area contributed by atoms with Gasteiger partial charge < -0.3 is 34.0 Å². The van der Waals surface area contributed by atoms with E-state index in [4.69, 9.17) is 24.2 Å². The summed E-state index contributed by atoms with van der Waals surface area (Å²) in [5.74, 6) is 1.32. The summed E-state index contributed by atoms with van der Waals surface area (Å²) in [5, 5.41) is 4.94. The van der Waals surface area contributed by atoms with E-state index in [9.17, 15) is 14.4 Å². The zero-order chi connectivity index (χ0) is 44.3. The summed E-state index contributed by atoms with van der Waals surface area (Å²) in [6, 6.07) is 21.4. The Kier molecular flexibility index (Phi) is 13.3. The number of aromatic nitrogens is 4. The number of amides is 3. The molecule has 4 heterocycles. The molecule has 0 bridgehead atoms. The van der Waals surface area contributed by atoms with Crippen molar-refractivity contribution in [2.75, 3.05) is 26.8 Å². The highest BCUT2D eigenvalue weighted by molar-refractivity contribution is 6.76. The first-order chi connectivity index (χ1) is 29.5. The van der Waals surface area contributed by atoms with Gasteiger partial charge in [0.05, 0.1) is 36.8 Å². The van der Waals surface area contributed by atoms with Gasteiger partial charge in [0, 0.05) is 45.1 Å². The Hall–Kier alpha value is -5.47. The summed E-state index contributed by atoms with van der Waals surface area (Å²) in [5.41, 5.74) is 5.37.